The van der Waals surface area contributed by atoms with Crippen molar-refractivity contribution in [2.24, 2.45) is 17.8 Å². The predicted octanol–water partition coefficient (Wildman–Crippen LogP) is 17.9. The van der Waals surface area contributed by atoms with Gasteiger partial charge in [0.25, 0.3) is 0 Å². The van der Waals surface area contributed by atoms with Gasteiger partial charge in [0, 0.05) is 25.7 Å². The molecule has 5 atom stereocenters. The maximum absolute atomic E-state index is 13.0. The Morgan fingerprint density at radius 2 is 0.548 bits per heavy atom. The zero-order valence-corrected chi connectivity index (χ0v) is 56.1. The number of aliphatic hydroxyl groups excluding tert-OH is 1. The van der Waals surface area contributed by atoms with Crippen molar-refractivity contribution in [2.75, 3.05) is 39.6 Å². The van der Waals surface area contributed by atoms with Crippen molar-refractivity contribution in [3.63, 3.8) is 0 Å². The minimum absolute atomic E-state index is 0.101. The number of hydrogen-bond acceptors (Lipinski definition) is 15. The molecule has 0 aromatic carbocycles. The molecular formula is C65H126O17P2. The number of esters is 4. The highest BCUT2D eigenvalue weighted by atomic mass is 31.2. The average molecular weight is 1240 g/mol. The Balaban J connectivity index is 5.13. The fraction of sp³-hybridized carbons (Fsp3) is 0.938. The summed E-state index contributed by atoms with van der Waals surface area (Å²) >= 11 is 0. The predicted molar refractivity (Wildman–Crippen MR) is 335 cm³/mol. The van der Waals surface area contributed by atoms with E-state index in [0.29, 0.717) is 37.5 Å². The smallest absolute Gasteiger partial charge is 0.462 e. The van der Waals surface area contributed by atoms with E-state index in [-0.39, 0.29) is 25.7 Å². The van der Waals surface area contributed by atoms with Gasteiger partial charge in [-0.25, -0.2) is 9.13 Å². The molecule has 0 aromatic heterocycles. The van der Waals surface area contributed by atoms with E-state index in [1.165, 1.54) is 109 Å². The number of carbonyl (C=O) groups excluding carboxylic acids is 4. The highest BCUT2D eigenvalue weighted by Gasteiger charge is 2.30. The van der Waals surface area contributed by atoms with E-state index < -0.39 is 97.5 Å². The summed E-state index contributed by atoms with van der Waals surface area (Å²) < 4.78 is 67.9. The summed E-state index contributed by atoms with van der Waals surface area (Å²) in [5.41, 5.74) is 0. The first-order chi connectivity index (χ1) is 40.2. The molecule has 0 bridgehead atoms. The number of aliphatic hydroxyl groups is 1. The third-order valence-corrected chi connectivity index (χ3v) is 16.8. The van der Waals surface area contributed by atoms with Crippen LogP contribution in [-0.4, -0.2) is 96.7 Å². The molecule has 19 heteroatoms. The van der Waals surface area contributed by atoms with Gasteiger partial charge in [-0.2, -0.15) is 0 Å². The summed E-state index contributed by atoms with van der Waals surface area (Å²) in [6, 6.07) is 0. The van der Waals surface area contributed by atoms with Gasteiger partial charge in [0.2, 0.25) is 0 Å². The molecule has 0 radical (unpaired) electrons. The van der Waals surface area contributed by atoms with Crippen LogP contribution in [0.1, 0.15) is 318 Å². The van der Waals surface area contributed by atoms with Crippen LogP contribution < -0.4 is 0 Å². The van der Waals surface area contributed by atoms with Crippen LogP contribution in [0.15, 0.2) is 0 Å². The maximum Gasteiger partial charge on any atom is 0.472 e. The first-order valence-electron chi connectivity index (χ1n) is 33.8. The minimum Gasteiger partial charge on any atom is -0.462 e. The molecule has 0 saturated carbocycles. The third kappa shape index (κ3) is 59.0. The Morgan fingerprint density at radius 3 is 0.810 bits per heavy atom. The van der Waals surface area contributed by atoms with E-state index in [0.717, 1.165) is 115 Å². The normalized spacial score (nSPS) is 14.3. The zero-order chi connectivity index (χ0) is 62.4. The molecule has 0 aliphatic heterocycles. The van der Waals surface area contributed by atoms with Crippen LogP contribution in [0.3, 0.4) is 0 Å². The van der Waals surface area contributed by atoms with Gasteiger partial charge in [-0.05, 0) is 43.4 Å². The number of phosphoric acid groups is 2. The second kappa shape index (κ2) is 56.3. The van der Waals surface area contributed by atoms with Crippen LogP contribution in [-0.2, 0) is 65.4 Å². The van der Waals surface area contributed by atoms with Crippen molar-refractivity contribution >= 4 is 39.5 Å². The van der Waals surface area contributed by atoms with Crippen molar-refractivity contribution in [3.05, 3.63) is 0 Å². The van der Waals surface area contributed by atoms with E-state index in [2.05, 4.69) is 48.5 Å². The van der Waals surface area contributed by atoms with E-state index >= 15 is 0 Å². The molecule has 0 saturated heterocycles. The lowest BCUT2D eigenvalue weighted by Crippen LogP contribution is -2.30. The molecule has 0 rings (SSSR count). The lowest BCUT2D eigenvalue weighted by Gasteiger charge is -2.21. The Bertz CT molecular complexity index is 1660. The highest BCUT2D eigenvalue weighted by Crippen LogP contribution is 2.45. The van der Waals surface area contributed by atoms with Gasteiger partial charge in [-0.15, -0.1) is 0 Å². The number of carbonyl (C=O) groups is 4. The lowest BCUT2D eigenvalue weighted by molar-refractivity contribution is -0.161. The maximum atomic E-state index is 13.0. The molecule has 0 aliphatic carbocycles. The summed E-state index contributed by atoms with van der Waals surface area (Å²) in [7, 11) is -9.88. The number of hydrogen-bond donors (Lipinski definition) is 3. The van der Waals surface area contributed by atoms with Crippen LogP contribution in [0.25, 0.3) is 0 Å². The molecular weight excluding hydrogens is 1110 g/mol. The van der Waals surface area contributed by atoms with Gasteiger partial charge in [0.1, 0.15) is 19.3 Å². The second-order valence-corrected chi connectivity index (χ2v) is 27.8. The van der Waals surface area contributed by atoms with Gasteiger partial charge in [-0.3, -0.25) is 37.3 Å². The SMILES string of the molecule is CCCCCCCCCC(=O)OC[C@H](COP(=O)(O)OC[C@H](O)COP(=O)(O)OC[C@@H](COC(=O)CCCCCCCCC(C)C)OC(=O)CCCCCCCCCCCCCCCCCCC(C)C)OC(=O)CCCCCCCCC(C)C. The Hall–Kier alpha value is -1.94. The Labute approximate surface area is 511 Å². The largest absolute Gasteiger partial charge is 0.472 e. The average Bonchev–Trinajstić information content (AvgIpc) is 3.52. The van der Waals surface area contributed by atoms with Crippen molar-refractivity contribution in [3.8, 4) is 0 Å². The molecule has 0 spiro atoms. The number of rotatable bonds is 63. The number of ether oxygens (including phenoxy) is 4. The molecule has 0 fully saturated rings. The van der Waals surface area contributed by atoms with E-state index in [9.17, 15) is 43.2 Å². The Kier molecular flexibility index (Phi) is 55.0. The fourth-order valence-electron chi connectivity index (χ4n) is 9.66. The van der Waals surface area contributed by atoms with Gasteiger partial charge in [0.05, 0.1) is 26.4 Å². The van der Waals surface area contributed by atoms with Crippen molar-refractivity contribution in [1.29, 1.82) is 0 Å². The highest BCUT2D eigenvalue weighted by molar-refractivity contribution is 7.47. The van der Waals surface area contributed by atoms with Gasteiger partial charge in [0.15, 0.2) is 12.2 Å². The van der Waals surface area contributed by atoms with Crippen molar-refractivity contribution in [1.82, 2.24) is 0 Å². The summed E-state index contributed by atoms with van der Waals surface area (Å²) in [6.07, 6.45) is 38.1. The molecule has 0 heterocycles. The molecule has 0 aliphatic rings. The molecule has 0 aromatic rings. The molecule has 0 amide bonds. The van der Waals surface area contributed by atoms with Crippen LogP contribution in [0.5, 0.6) is 0 Å². The third-order valence-electron chi connectivity index (χ3n) is 14.9. The van der Waals surface area contributed by atoms with Gasteiger partial charge < -0.3 is 33.8 Å². The molecule has 84 heavy (non-hydrogen) atoms. The molecule has 2 unspecified atom stereocenters. The Morgan fingerprint density at radius 1 is 0.321 bits per heavy atom. The van der Waals surface area contributed by atoms with Crippen LogP contribution in [0.4, 0.5) is 0 Å². The van der Waals surface area contributed by atoms with Gasteiger partial charge in [-0.1, -0.05) is 267 Å². The second-order valence-electron chi connectivity index (χ2n) is 24.9. The van der Waals surface area contributed by atoms with Crippen LogP contribution in [0.2, 0.25) is 0 Å². The first-order valence-corrected chi connectivity index (χ1v) is 36.8. The minimum atomic E-state index is -4.94. The van der Waals surface area contributed by atoms with Crippen LogP contribution >= 0.6 is 15.6 Å². The molecule has 17 nitrogen and oxygen atoms in total. The number of unbranched alkanes of at least 4 members (excludes halogenated alkanes) is 31. The van der Waals surface area contributed by atoms with Crippen LogP contribution in [0, 0.1) is 17.8 Å². The summed E-state index contributed by atoms with van der Waals surface area (Å²) in [4.78, 5) is 72.0. The summed E-state index contributed by atoms with van der Waals surface area (Å²) in [5, 5.41) is 10.5. The summed E-state index contributed by atoms with van der Waals surface area (Å²) in [6.45, 7) is 11.6. The van der Waals surface area contributed by atoms with Crippen molar-refractivity contribution < 1.29 is 80.2 Å². The number of phosphoric ester groups is 2. The molecule has 3 N–H and O–H groups in total. The van der Waals surface area contributed by atoms with Crippen molar-refractivity contribution in [2.45, 2.75) is 336 Å². The van der Waals surface area contributed by atoms with Gasteiger partial charge >= 0.3 is 39.5 Å². The van der Waals surface area contributed by atoms with E-state index in [1.54, 1.807) is 0 Å². The van der Waals surface area contributed by atoms with E-state index in [4.69, 9.17) is 37.0 Å². The summed E-state index contributed by atoms with van der Waals surface area (Å²) in [5.74, 6) is 0.0134. The monoisotopic (exact) mass is 1240 g/mol. The topological polar surface area (TPSA) is 237 Å². The zero-order valence-electron chi connectivity index (χ0n) is 54.4. The fourth-order valence-corrected chi connectivity index (χ4v) is 11.2. The quantitative estimate of drug-likeness (QED) is 0.0222. The standard InChI is InChI=1S/C65H126O17P2/c1-8-9-10-11-22-32-39-46-62(67)75-52-61(82-65(70)49-42-35-28-26-31-38-45-58(6)7)55-80-84(73,74)78-51-59(66)50-77-83(71,72)79-54-60(53-76-63(68)47-40-33-27-25-30-37-44-57(4)5)81-64(69)48-41-34-24-21-19-17-15-13-12-14-16-18-20-23-29-36-43-56(2)3/h56-61,66H,8-55H2,1-7H3,(H,71,72)(H,73,74)/t59-,60-,61-/m1/s1. The lowest BCUT2D eigenvalue weighted by atomic mass is 10.0. The first kappa shape index (κ1) is 82.1. The molecule has 498 valence electrons. The van der Waals surface area contributed by atoms with E-state index in [1.807, 2.05) is 0 Å².